The van der Waals surface area contributed by atoms with Crippen LogP contribution in [0.3, 0.4) is 0 Å². The van der Waals surface area contributed by atoms with Gasteiger partial charge in [-0.25, -0.2) is 4.79 Å². The Morgan fingerprint density at radius 1 is 1.33 bits per heavy atom. The molecular weight excluding hydrogens is 276 g/mol. The Balaban J connectivity index is 1.97. The summed E-state index contributed by atoms with van der Waals surface area (Å²) in [6.07, 6.45) is 2.95. The van der Waals surface area contributed by atoms with Gasteiger partial charge in [-0.3, -0.25) is 10.1 Å². The zero-order chi connectivity index (χ0) is 15.0. The maximum Gasteiger partial charge on any atom is 0.338 e. The average molecular weight is 286 g/mol. The molecule has 0 amide bonds. The number of benzene rings is 1. The van der Waals surface area contributed by atoms with Gasteiger partial charge in [-0.05, 0) is 18.2 Å². The van der Waals surface area contributed by atoms with Gasteiger partial charge in [-0.1, -0.05) is 0 Å². The van der Waals surface area contributed by atoms with Gasteiger partial charge in [0.1, 0.15) is 12.0 Å². The molecule has 106 valence electrons. The molecule has 7 nitrogen and oxygen atoms in total. The van der Waals surface area contributed by atoms with Crippen molar-refractivity contribution < 1.29 is 19.2 Å². The van der Waals surface area contributed by atoms with E-state index in [-0.39, 0.29) is 11.3 Å². The van der Waals surface area contributed by atoms with Crippen LogP contribution in [0.1, 0.15) is 16.1 Å². The highest BCUT2D eigenvalue weighted by Crippen LogP contribution is 2.23. The number of carbonyl (C=O) groups is 1. The number of hydrogen-bond donors (Lipinski definition) is 1. The molecule has 0 aliphatic rings. The molecule has 3 rings (SSSR count). The molecule has 0 bridgehead atoms. The van der Waals surface area contributed by atoms with E-state index in [0.717, 1.165) is 5.39 Å². The quantitative estimate of drug-likeness (QED) is 0.587. The highest BCUT2D eigenvalue weighted by molar-refractivity contribution is 5.87. The molecule has 0 saturated carbocycles. The average Bonchev–Trinajstić information content (AvgIpc) is 3.06. The van der Waals surface area contributed by atoms with Crippen molar-refractivity contribution in [2.45, 2.75) is 6.54 Å². The van der Waals surface area contributed by atoms with E-state index in [4.69, 9.17) is 9.52 Å². The molecule has 21 heavy (non-hydrogen) atoms. The second-order valence-corrected chi connectivity index (χ2v) is 4.55. The Kier molecular flexibility index (Phi) is 2.94. The standard InChI is InChI=1S/C14H10N2O5/c17-14(18)10-5-12(21-8-10)7-15-4-3-9-1-2-11(16(19)20)6-13(9)15/h1-6,8H,7H2,(H,17,18). The number of nitrogens with zero attached hydrogens (tertiary/aromatic N) is 2. The van der Waals surface area contributed by atoms with Gasteiger partial charge in [0.15, 0.2) is 0 Å². The molecule has 1 N–H and O–H groups in total. The van der Waals surface area contributed by atoms with E-state index in [2.05, 4.69) is 0 Å². The smallest absolute Gasteiger partial charge is 0.338 e. The number of non-ortho nitro benzene ring substituents is 1. The zero-order valence-electron chi connectivity index (χ0n) is 10.7. The third-order valence-electron chi connectivity index (χ3n) is 3.20. The molecular formula is C14H10N2O5. The first-order valence-electron chi connectivity index (χ1n) is 6.08. The molecule has 0 aliphatic heterocycles. The van der Waals surface area contributed by atoms with Crippen LogP contribution in [-0.2, 0) is 6.54 Å². The minimum absolute atomic E-state index is 0.00752. The summed E-state index contributed by atoms with van der Waals surface area (Å²) in [4.78, 5) is 21.2. The SMILES string of the molecule is O=C(O)c1coc(Cn2ccc3ccc([N+](=O)[O-])cc32)c1. The van der Waals surface area contributed by atoms with Crippen molar-refractivity contribution in [2.75, 3.05) is 0 Å². The summed E-state index contributed by atoms with van der Waals surface area (Å²) in [5.41, 5.74) is 0.776. The van der Waals surface area contributed by atoms with Crippen LogP contribution < -0.4 is 0 Å². The largest absolute Gasteiger partial charge is 0.478 e. The van der Waals surface area contributed by atoms with Crippen molar-refractivity contribution >= 4 is 22.6 Å². The molecule has 0 atom stereocenters. The van der Waals surface area contributed by atoms with Gasteiger partial charge in [-0.2, -0.15) is 0 Å². The Hall–Kier alpha value is -3.09. The van der Waals surface area contributed by atoms with Crippen molar-refractivity contribution in [3.05, 3.63) is 64.2 Å². The van der Waals surface area contributed by atoms with Crippen molar-refractivity contribution in [3.63, 3.8) is 0 Å². The first-order chi connectivity index (χ1) is 10.0. The monoisotopic (exact) mass is 286 g/mol. The summed E-state index contributed by atoms with van der Waals surface area (Å²) >= 11 is 0. The number of carboxylic acid groups (broad SMARTS) is 1. The molecule has 0 saturated heterocycles. The van der Waals surface area contributed by atoms with Gasteiger partial charge in [0.25, 0.3) is 5.69 Å². The summed E-state index contributed by atoms with van der Waals surface area (Å²) in [5, 5.41) is 20.5. The van der Waals surface area contributed by atoms with Gasteiger partial charge in [0, 0.05) is 23.7 Å². The molecule has 0 radical (unpaired) electrons. The lowest BCUT2D eigenvalue weighted by molar-refractivity contribution is -0.384. The van der Waals surface area contributed by atoms with Gasteiger partial charge >= 0.3 is 5.97 Å². The topological polar surface area (TPSA) is 98.5 Å². The zero-order valence-corrected chi connectivity index (χ0v) is 10.7. The Morgan fingerprint density at radius 3 is 2.81 bits per heavy atom. The fraction of sp³-hybridized carbons (Fsp3) is 0.0714. The van der Waals surface area contributed by atoms with Crippen LogP contribution >= 0.6 is 0 Å². The van der Waals surface area contributed by atoms with Crippen molar-refractivity contribution in [1.82, 2.24) is 4.57 Å². The van der Waals surface area contributed by atoms with Crippen LogP contribution in [0.5, 0.6) is 0 Å². The maximum atomic E-state index is 10.8. The van der Waals surface area contributed by atoms with E-state index >= 15 is 0 Å². The number of nitro benzene ring substituents is 1. The fourth-order valence-electron chi connectivity index (χ4n) is 2.17. The van der Waals surface area contributed by atoms with Gasteiger partial charge in [0.2, 0.25) is 0 Å². The highest BCUT2D eigenvalue weighted by atomic mass is 16.6. The predicted molar refractivity (Wildman–Crippen MR) is 73.4 cm³/mol. The lowest BCUT2D eigenvalue weighted by atomic mass is 10.2. The summed E-state index contributed by atoms with van der Waals surface area (Å²) in [6.45, 7) is 0.304. The van der Waals surface area contributed by atoms with E-state index in [1.165, 1.54) is 24.5 Å². The normalized spacial score (nSPS) is 10.9. The van der Waals surface area contributed by atoms with Crippen LogP contribution in [0, 0.1) is 10.1 Å². The second-order valence-electron chi connectivity index (χ2n) is 4.55. The number of nitro groups is 1. The number of fused-ring (bicyclic) bond motifs is 1. The number of rotatable bonds is 4. The van der Waals surface area contributed by atoms with Gasteiger partial charge in [-0.15, -0.1) is 0 Å². The number of furan rings is 1. The van der Waals surface area contributed by atoms with Crippen LogP contribution in [0.4, 0.5) is 5.69 Å². The van der Waals surface area contributed by atoms with Gasteiger partial charge < -0.3 is 14.1 Å². The van der Waals surface area contributed by atoms with Crippen molar-refractivity contribution in [3.8, 4) is 0 Å². The molecule has 1 aromatic carbocycles. The fourth-order valence-corrected chi connectivity index (χ4v) is 2.17. The molecule has 2 aromatic heterocycles. The molecule has 0 unspecified atom stereocenters. The minimum Gasteiger partial charge on any atom is -0.478 e. The van der Waals surface area contributed by atoms with Crippen LogP contribution in [0.25, 0.3) is 10.9 Å². The lowest BCUT2D eigenvalue weighted by Gasteiger charge is -2.02. The summed E-state index contributed by atoms with van der Waals surface area (Å²) in [5.74, 6) is -0.589. The Labute approximate surface area is 118 Å². The minimum atomic E-state index is -1.06. The highest BCUT2D eigenvalue weighted by Gasteiger charge is 2.12. The van der Waals surface area contributed by atoms with Crippen molar-refractivity contribution in [1.29, 1.82) is 0 Å². The van der Waals surface area contributed by atoms with E-state index in [9.17, 15) is 14.9 Å². The van der Waals surface area contributed by atoms with E-state index < -0.39 is 10.9 Å². The Morgan fingerprint density at radius 2 is 2.14 bits per heavy atom. The summed E-state index contributed by atoms with van der Waals surface area (Å²) in [6, 6.07) is 7.87. The molecule has 7 heteroatoms. The second kappa shape index (κ2) is 4.78. The number of aromatic carboxylic acids is 1. The summed E-state index contributed by atoms with van der Waals surface area (Å²) in [7, 11) is 0. The first-order valence-corrected chi connectivity index (χ1v) is 6.08. The summed E-state index contributed by atoms with van der Waals surface area (Å²) < 4.78 is 6.96. The maximum absolute atomic E-state index is 10.8. The number of hydrogen-bond acceptors (Lipinski definition) is 4. The first kappa shape index (κ1) is 12.9. The van der Waals surface area contributed by atoms with E-state index in [0.29, 0.717) is 17.8 Å². The van der Waals surface area contributed by atoms with Gasteiger partial charge in [0.05, 0.1) is 22.5 Å². The van der Waals surface area contributed by atoms with E-state index in [1.807, 2.05) is 6.07 Å². The number of aromatic nitrogens is 1. The number of carboxylic acids is 1. The van der Waals surface area contributed by atoms with Crippen LogP contribution in [0.2, 0.25) is 0 Å². The molecule has 0 spiro atoms. The van der Waals surface area contributed by atoms with Crippen LogP contribution in [-0.4, -0.2) is 20.6 Å². The molecule has 0 fully saturated rings. The Bertz CT molecular complexity index is 846. The lowest BCUT2D eigenvalue weighted by Crippen LogP contribution is -1.97. The predicted octanol–water partition coefficient (Wildman–Crippen LogP) is 2.89. The van der Waals surface area contributed by atoms with Crippen LogP contribution in [0.15, 0.2) is 47.2 Å². The third kappa shape index (κ3) is 2.36. The van der Waals surface area contributed by atoms with E-state index in [1.54, 1.807) is 16.8 Å². The molecule has 3 aromatic rings. The molecule has 2 heterocycles. The van der Waals surface area contributed by atoms with Crippen molar-refractivity contribution in [2.24, 2.45) is 0 Å². The third-order valence-corrected chi connectivity index (χ3v) is 3.20. The molecule has 0 aliphatic carbocycles.